The topological polar surface area (TPSA) is 84.3 Å². The minimum absolute atomic E-state index is 0.0357. The van der Waals surface area contributed by atoms with Gasteiger partial charge in [-0.05, 0) is 41.5 Å². The zero-order valence-corrected chi connectivity index (χ0v) is 20.8. The third-order valence-corrected chi connectivity index (χ3v) is 8.18. The zero-order chi connectivity index (χ0) is 24.3. The molecular weight excluding hydrogens is 448 g/mol. The summed E-state index contributed by atoms with van der Waals surface area (Å²) in [5.41, 5.74) is 2.83. The normalized spacial score (nSPS) is 15.9. The van der Waals surface area contributed by atoms with Gasteiger partial charge in [0.25, 0.3) is 0 Å². The molecule has 2 aromatic carbocycles. The lowest BCUT2D eigenvalue weighted by molar-refractivity contribution is -0.120. The van der Waals surface area contributed by atoms with Crippen LogP contribution in [0.25, 0.3) is 0 Å². The molecule has 0 saturated carbocycles. The Morgan fingerprint density at radius 1 is 1.03 bits per heavy atom. The lowest BCUT2D eigenvalue weighted by Gasteiger charge is -2.30. The fraction of sp³-hybridized carbons (Fsp3) is 0.385. The van der Waals surface area contributed by atoms with E-state index in [0.717, 1.165) is 11.1 Å². The number of nitrogens with zero attached hydrogens (tertiary/aromatic N) is 3. The molecule has 3 aromatic rings. The van der Waals surface area contributed by atoms with Crippen molar-refractivity contribution >= 4 is 21.6 Å². The molecule has 1 aromatic heterocycles. The van der Waals surface area contributed by atoms with Gasteiger partial charge in [-0.25, -0.2) is 8.42 Å². The number of amides is 1. The van der Waals surface area contributed by atoms with Crippen molar-refractivity contribution in [1.82, 2.24) is 14.1 Å². The molecule has 1 aliphatic heterocycles. The van der Waals surface area contributed by atoms with E-state index in [1.54, 1.807) is 23.0 Å². The molecule has 0 unspecified atom stereocenters. The maximum Gasteiger partial charge on any atom is 0.243 e. The SMILES string of the molecule is CC(C)(C)c1ccc(S(=O)(=O)N2CCC(C(=O)Nc3cnn(Cc4ccccc4)c3)CC2)cc1. The van der Waals surface area contributed by atoms with E-state index in [0.29, 0.717) is 43.1 Å². The lowest BCUT2D eigenvalue weighted by Crippen LogP contribution is -2.41. The first kappa shape index (κ1) is 24.2. The Kier molecular flexibility index (Phi) is 6.91. The fourth-order valence-electron chi connectivity index (χ4n) is 4.16. The van der Waals surface area contributed by atoms with Gasteiger partial charge in [0, 0.05) is 25.2 Å². The van der Waals surface area contributed by atoms with Crippen LogP contribution in [-0.2, 0) is 26.8 Å². The van der Waals surface area contributed by atoms with E-state index in [-0.39, 0.29) is 17.2 Å². The highest BCUT2D eigenvalue weighted by molar-refractivity contribution is 7.89. The molecule has 0 radical (unpaired) electrons. The predicted molar refractivity (Wildman–Crippen MR) is 133 cm³/mol. The Hall–Kier alpha value is -2.97. The Bertz CT molecular complexity index is 1220. The number of rotatable bonds is 6. The van der Waals surface area contributed by atoms with Crippen LogP contribution < -0.4 is 5.32 Å². The van der Waals surface area contributed by atoms with E-state index in [9.17, 15) is 13.2 Å². The number of carbonyl (C=O) groups excluding carboxylic acids is 1. The molecule has 34 heavy (non-hydrogen) atoms. The van der Waals surface area contributed by atoms with Crippen molar-refractivity contribution in [1.29, 1.82) is 0 Å². The quantitative estimate of drug-likeness (QED) is 0.571. The average Bonchev–Trinajstić information content (AvgIpc) is 3.26. The minimum atomic E-state index is -3.57. The van der Waals surface area contributed by atoms with Crippen molar-refractivity contribution in [2.45, 2.75) is 50.5 Å². The van der Waals surface area contributed by atoms with Crippen LogP contribution in [0.5, 0.6) is 0 Å². The molecule has 1 saturated heterocycles. The van der Waals surface area contributed by atoms with Crippen molar-refractivity contribution in [2.75, 3.05) is 18.4 Å². The maximum atomic E-state index is 13.1. The summed E-state index contributed by atoms with van der Waals surface area (Å²) >= 11 is 0. The third-order valence-electron chi connectivity index (χ3n) is 6.27. The molecule has 0 atom stereocenters. The Morgan fingerprint density at radius 3 is 2.29 bits per heavy atom. The van der Waals surface area contributed by atoms with Crippen molar-refractivity contribution in [3.05, 3.63) is 78.1 Å². The van der Waals surface area contributed by atoms with E-state index < -0.39 is 10.0 Å². The Balaban J connectivity index is 1.32. The molecule has 180 valence electrons. The van der Waals surface area contributed by atoms with Gasteiger partial charge >= 0.3 is 0 Å². The van der Waals surface area contributed by atoms with E-state index in [1.165, 1.54) is 4.31 Å². The molecule has 0 spiro atoms. The van der Waals surface area contributed by atoms with Gasteiger partial charge < -0.3 is 5.32 Å². The molecule has 1 fully saturated rings. The van der Waals surface area contributed by atoms with Crippen molar-refractivity contribution in [2.24, 2.45) is 5.92 Å². The summed E-state index contributed by atoms with van der Waals surface area (Å²) in [6, 6.07) is 17.1. The van der Waals surface area contributed by atoms with Crippen molar-refractivity contribution < 1.29 is 13.2 Å². The number of benzene rings is 2. The fourth-order valence-corrected chi connectivity index (χ4v) is 5.63. The highest BCUT2D eigenvalue weighted by Gasteiger charge is 2.32. The first-order chi connectivity index (χ1) is 16.1. The molecule has 4 rings (SSSR count). The third kappa shape index (κ3) is 5.56. The highest BCUT2D eigenvalue weighted by Crippen LogP contribution is 2.27. The number of carbonyl (C=O) groups is 1. The van der Waals surface area contributed by atoms with E-state index >= 15 is 0 Å². The van der Waals surface area contributed by atoms with Crippen molar-refractivity contribution in [3.8, 4) is 0 Å². The van der Waals surface area contributed by atoms with Gasteiger partial charge in [-0.2, -0.15) is 9.40 Å². The first-order valence-electron chi connectivity index (χ1n) is 11.6. The number of sulfonamides is 1. The molecular formula is C26H32N4O3S. The minimum Gasteiger partial charge on any atom is -0.323 e. The predicted octanol–water partition coefficient (Wildman–Crippen LogP) is 4.27. The van der Waals surface area contributed by atoms with Crippen LogP contribution in [0.2, 0.25) is 0 Å². The largest absolute Gasteiger partial charge is 0.323 e. The second-order valence-electron chi connectivity index (χ2n) is 9.85. The van der Waals surface area contributed by atoms with Gasteiger partial charge in [-0.3, -0.25) is 9.48 Å². The summed E-state index contributed by atoms with van der Waals surface area (Å²) in [6.07, 6.45) is 4.43. The second kappa shape index (κ2) is 9.72. The highest BCUT2D eigenvalue weighted by atomic mass is 32.2. The Labute approximate surface area is 201 Å². The van der Waals surface area contributed by atoms with E-state index in [4.69, 9.17) is 0 Å². The molecule has 7 nitrogen and oxygen atoms in total. The summed E-state index contributed by atoms with van der Waals surface area (Å²) < 4.78 is 29.4. The van der Waals surface area contributed by atoms with Gasteiger partial charge in [-0.15, -0.1) is 0 Å². The van der Waals surface area contributed by atoms with Crippen LogP contribution >= 0.6 is 0 Å². The van der Waals surface area contributed by atoms with Gasteiger partial charge in [0.05, 0.1) is 23.3 Å². The number of aromatic nitrogens is 2. The molecule has 0 aliphatic carbocycles. The summed E-state index contributed by atoms with van der Waals surface area (Å²) in [5.74, 6) is -0.321. The number of hydrogen-bond acceptors (Lipinski definition) is 4. The van der Waals surface area contributed by atoms with Crippen LogP contribution in [0.3, 0.4) is 0 Å². The molecule has 8 heteroatoms. The van der Waals surface area contributed by atoms with Gasteiger partial charge in [0.2, 0.25) is 15.9 Å². The number of hydrogen-bond donors (Lipinski definition) is 1. The van der Waals surface area contributed by atoms with E-state index in [1.807, 2.05) is 48.7 Å². The van der Waals surface area contributed by atoms with Gasteiger partial charge in [0.15, 0.2) is 0 Å². The van der Waals surface area contributed by atoms with Crippen LogP contribution in [0.4, 0.5) is 5.69 Å². The van der Waals surface area contributed by atoms with Crippen molar-refractivity contribution in [3.63, 3.8) is 0 Å². The van der Waals surface area contributed by atoms with Crippen LogP contribution in [0.15, 0.2) is 71.9 Å². The van der Waals surface area contributed by atoms with Gasteiger partial charge in [-0.1, -0.05) is 63.2 Å². The lowest BCUT2D eigenvalue weighted by atomic mass is 9.87. The standard InChI is InChI=1S/C26H32N4O3S/c1-26(2,3)22-9-11-24(12-10-22)34(32,33)30-15-13-21(14-16-30)25(31)28-23-17-27-29(19-23)18-20-7-5-4-6-8-20/h4-12,17,19,21H,13-16,18H2,1-3H3,(H,28,31). The second-order valence-corrected chi connectivity index (χ2v) is 11.8. The van der Waals surface area contributed by atoms with E-state index in [2.05, 4.69) is 31.2 Å². The summed E-state index contributed by atoms with van der Waals surface area (Å²) in [5, 5.41) is 7.26. The maximum absolute atomic E-state index is 13.1. The van der Waals surface area contributed by atoms with Gasteiger partial charge in [0.1, 0.15) is 0 Å². The zero-order valence-electron chi connectivity index (χ0n) is 19.9. The molecule has 2 heterocycles. The average molecular weight is 481 g/mol. The Morgan fingerprint density at radius 2 is 1.68 bits per heavy atom. The van der Waals surface area contributed by atoms with Crippen LogP contribution in [0, 0.1) is 5.92 Å². The van der Waals surface area contributed by atoms with Crippen LogP contribution in [0.1, 0.15) is 44.7 Å². The number of piperidine rings is 1. The molecule has 1 aliphatic rings. The first-order valence-corrected chi connectivity index (χ1v) is 13.0. The summed E-state index contributed by atoms with van der Waals surface area (Å²) in [4.78, 5) is 13.1. The monoisotopic (exact) mass is 480 g/mol. The molecule has 1 amide bonds. The molecule has 0 bridgehead atoms. The number of anilines is 1. The molecule has 1 N–H and O–H groups in total. The summed E-state index contributed by atoms with van der Waals surface area (Å²) in [7, 11) is -3.57. The summed E-state index contributed by atoms with van der Waals surface area (Å²) in [6.45, 7) is 7.58. The van der Waals surface area contributed by atoms with Crippen LogP contribution in [-0.4, -0.2) is 41.5 Å². The number of nitrogens with one attached hydrogen (secondary N) is 1. The smallest absolute Gasteiger partial charge is 0.243 e.